The number of rotatable bonds is 7. The van der Waals surface area contributed by atoms with Crippen LogP contribution in [-0.4, -0.2) is 22.9 Å². The number of benzene rings is 3. The van der Waals surface area contributed by atoms with Crippen molar-refractivity contribution in [2.45, 2.75) is 20.0 Å². The molecule has 31 heavy (non-hydrogen) atoms. The van der Waals surface area contributed by atoms with E-state index in [9.17, 15) is 4.79 Å². The van der Waals surface area contributed by atoms with E-state index in [0.29, 0.717) is 16.9 Å². The van der Waals surface area contributed by atoms with E-state index >= 15 is 0 Å². The Bertz CT molecular complexity index is 997. The Morgan fingerprint density at radius 2 is 1.35 bits per heavy atom. The Hall–Kier alpha value is -3.97. The fourth-order valence-electron chi connectivity index (χ4n) is 2.57. The van der Waals surface area contributed by atoms with Gasteiger partial charge in [0.25, 0.3) is 5.97 Å². The van der Waals surface area contributed by atoms with Crippen molar-refractivity contribution in [1.29, 1.82) is 5.41 Å². The SMILES string of the molecule is CC(=O)O.N=C(N)c1ccc(OC(=O)c2ccc(CNCc3ccccc3)cc2)cc1. The minimum absolute atomic E-state index is 0.0238. The Labute approximate surface area is 181 Å². The molecular formula is C24H25N3O4. The van der Waals surface area contributed by atoms with Gasteiger partial charge >= 0.3 is 5.97 Å². The van der Waals surface area contributed by atoms with Crippen LogP contribution in [0.4, 0.5) is 0 Å². The maximum atomic E-state index is 12.2. The van der Waals surface area contributed by atoms with Crippen molar-refractivity contribution < 1.29 is 19.4 Å². The molecule has 160 valence electrons. The number of nitrogens with two attached hydrogens (primary N) is 1. The van der Waals surface area contributed by atoms with Gasteiger partial charge in [0, 0.05) is 25.6 Å². The fourth-order valence-corrected chi connectivity index (χ4v) is 2.57. The lowest BCUT2D eigenvalue weighted by atomic mass is 10.1. The zero-order valence-electron chi connectivity index (χ0n) is 17.2. The lowest BCUT2D eigenvalue weighted by molar-refractivity contribution is -0.134. The van der Waals surface area contributed by atoms with Gasteiger partial charge in [0.2, 0.25) is 0 Å². The van der Waals surface area contributed by atoms with Gasteiger partial charge in [-0.1, -0.05) is 42.5 Å². The van der Waals surface area contributed by atoms with Gasteiger partial charge in [-0.3, -0.25) is 10.2 Å². The number of carbonyl (C=O) groups is 2. The number of amidine groups is 1. The monoisotopic (exact) mass is 419 g/mol. The highest BCUT2D eigenvalue weighted by Gasteiger charge is 2.09. The second kappa shape index (κ2) is 11.9. The van der Waals surface area contributed by atoms with E-state index in [2.05, 4.69) is 17.4 Å². The highest BCUT2D eigenvalue weighted by molar-refractivity contribution is 5.95. The average molecular weight is 419 g/mol. The molecule has 0 saturated carbocycles. The number of ether oxygens (including phenoxy) is 1. The number of esters is 1. The van der Waals surface area contributed by atoms with Gasteiger partial charge in [0.15, 0.2) is 0 Å². The predicted molar refractivity (Wildman–Crippen MR) is 119 cm³/mol. The number of nitrogen functional groups attached to an aromatic ring is 1. The second-order valence-corrected chi connectivity index (χ2v) is 6.63. The number of hydrogen-bond donors (Lipinski definition) is 4. The van der Waals surface area contributed by atoms with Gasteiger partial charge in [-0.25, -0.2) is 4.79 Å². The minimum Gasteiger partial charge on any atom is -0.481 e. The molecule has 3 aromatic rings. The van der Waals surface area contributed by atoms with E-state index in [1.165, 1.54) is 5.56 Å². The number of nitrogens with one attached hydrogen (secondary N) is 2. The number of carbonyl (C=O) groups excluding carboxylic acids is 1. The maximum absolute atomic E-state index is 12.2. The van der Waals surface area contributed by atoms with Gasteiger partial charge < -0.3 is 20.9 Å². The lowest BCUT2D eigenvalue weighted by Crippen LogP contribution is -2.13. The smallest absolute Gasteiger partial charge is 0.343 e. The molecule has 7 heteroatoms. The molecule has 0 spiro atoms. The largest absolute Gasteiger partial charge is 0.481 e. The topological polar surface area (TPSA) is 126 Å². The van der Waals surface area contributed by atoms with Crippen LogP contribution >= 0.6 is 0 Å². The zero-order valence-corrected chi connectivity index (χ0v) is 17.2. The number of carboxylic acids is 1. The van der Waals surface area contributed by atoms with Crippen molar-refractivity contribution in [2.75, 3.05) is 0 Å². The summed E-state index contributed by atoms with van der Waals surface area (Å²) in [4.78, 5) is 21.2. The summed E-state index contributed by atoms with van der Waals surface area (Å²) >= 11 is 0. The van der Waals surface area contributed by atoms with Gasteiger partial charge in [0.1, 0.15) is 11.6 Å². The average Bonchev–Trinajstić information content (AvgIpc) is 2.75. The maximum Gasteiger partial charge on any atom is 0.343 e. The molecule has 0 heterocycles. The van der Waals surface area contributed by atoms with E-state index in [0.717, 1.165) is 25.6 Å². The summed E-state index contributed by atoms with van der Waals surface area (Å²) in [6, 6.07) is 24.1. The summed E-state index contributed by atoms with van der Waals surface area (Å²) in [5.41, 5.74) is 8.80. The predicted octanol–water partition coefficient (Wildman–Crippen LogP) is 3.57. The lowest BCUT2D eigenvalue weighted by Gasteiger charge is -2.07. The Kier molecular flexibility index (Phi) is 8.94. The van der Waals surface area contributed by atoms with Crippen LogP contribution in [0.25, 0.3) is 0 Å². The molecular weight excluding hydrogens is 394 g/mol. The molecule has 0 aliphatic rings. The first-order valence-corrected chi connectivity index (χ1v) is 9.55. The fraction of sp³-hybridized carbons (Fsp3) is 0.125. The first-order chi connectivity index (χ1) is 14.8. The standard InChI is InChI=1S/C22H21N3O2.C2H4O2/c23-21(24)18-10-12-20(13-11-18)27-22(26)19-8-6-17(7-9-19)15-25-14-16-4-2-1-3-5-16;1-2(3)4/h1-13,25H,14-15H2,(H3,23,24);1H3,(H,3,4). The normalized spacial score (nSPS) is 9.84. The van der Waals surface area contributed by atoms with Crippen molar-refractivity contribution in [3.8, 4) is 5.75 Å². The third-order valence-corrected chi connectivity index (χ3v) is 4.07. The first-order valence-electron chi connectivity index (χ1n) is 9.55. The summed E-state index contributed by atoms with van der Waals surface area (Å²) in [6.07, 6.45) is 0. The highest BCUT2D eigenvalue weighted by Crippen LogP contribution is 2.15. The Morgan fingerprint density at radius 3 is 1.87 bits per heavy atom. The molecule has 0 saturated heterocycles. The van der Waals surface area contributed by atoms with Crippen molar-refractivity contribution >= 4 is 17.8 Å². The van der Waals surface area contributed by atoms with E-state index in [-0.39, 0.29) is 5.84 Å². The van der Waals surface area contributed by atoms with Crippen LogP contribution in [0.5, 0.6) is 5.75 Å². The quantitative estimate of drug-likeness (QED) is 0.201. The van der Waals surface area contributed by atoms with Crippen LogP contribution in [0.1, 0.15) is 34.0 Å². The summed E-state index contributed by atoms with van der Waals surface area (Å²) < 4.78 is 5.35. The summed E-state index contributed by atoms with van der Waals surface area (Å²) in [5.74, 6) is -0.864. The van der Waals surface area contributed by atoms with Gasteiger partial charge in [0.05, 0.1) is 5.56 Å². The Morgan fingerprint density at radius 1 is 0.871 bits per heavy atom. The summed E-state index contributed by atoms with van der Waals surface area (Å²) in [5, 5.41) is 18.2. The van der Waals surface area contributed by atoms with Crippen LogP contribution in [0.3, 0.4) is 0 Å². The van der Waals surface area contributed by atoms with Crippen LogP contribution in [-0.2, 0) is 17.9 Å². The van der Waals surface area contributed by atoms with Gasteiger partial charge in [-0.05, 0) is 47.5 Å². The molecule has 0 aliphatic carbocycles. The second-order valence-electron chi connectivity index (χ2n) is 6.63. The number of aliphatic carboxylic acids is 1. The van der Waals surface area contributed by atoms with Crippen molar-refractivity contribution in [3.63, 3.8) is 0 Å². The minimum atomic E-state index is -0.833. The molecule has 0 atom stereocenters. The van der Waals surface area contributed by atoms with E-state index in [4.69, 9.17) is 25.8 Å². The van der Waals surface area contributed by atoms with Gasteiger partial charge in [-0.2, -0.15) is 0 Å². The molecule has 0 aromatic heterocycles. The molecule has 7 nitrogen and oxygen atoms in total. The van der Waals surface area contributed by atoms with Crippen molar-refractivity contribution in [3.05, 3.63) is 101 Å². The molecule has 0 radical (unpaired) electrons. The number of carboxylic acid groups (broad SMARTS) is 1. The van der Waals surface area contributed by atoms with E-state index < -0.39 is 11.9 Å². The number of hydrogen-bond acceptors (Lipinski definition) is 5. The molecule has 0 aliphatic heterocycles. The molecule has 0 amide bonds. The van der Waals surface area contributed by atoms with Crippen molar-refractivity contribution in [1.82, 2.24) is 5.32 Å². The molecule has 0 bridgehead atoms. The van der Waals surface area contributed by atoms with Crippen LogP contribution in [0, 0.1) is 5.41 Å². The summed E-state index contributed by atoms with van der Waals surface area (Å²) in [7, 11) is 0. The zero-order chi connectivity index (χ0) is 22.6. The Balaban J connectivity index is 0.000000785. The van der Waals surface area contributed by atoms with Crippen LogP contribution in [0.15, 0.2) is 78.9 Å². The van der Waals surface area contributed by atoms with Crippen LogP contribution in [0.2, 0.25) is 0 Å². The molecule has 3 aromatic carbocycles. The highest BCUT2D eigenvalue weighted by atomic mass is 16.5. The summed E-state index contributed by atoms with van der Waals surface area (Å²) in [6.45, 7) is 2.59. The van der Waals surface area contributed by atoms with Crippen LogP contribution < -0.4 is 15.8 Å². The van der Waals surface area contributed by atoms with E-state index in [1.807, 2.05) is 30.3 Å². The molecule has 0 fully saturated rings. The molecule has 0 unspecified atom stereocenters. The van der Waals surface area contributed by atoms with Crippen molar-refractivity contribution in [2.24, 2.45) is 5.73 Å². The van der Waals surface area contributed by atoms with Gasteiger partial charge in [-0.15, -0.1) is 0 Å². The first kappa shape index (κ1) is 23.3. The molecule has 3 rings (SSSR count). The molecule has 5 N–H and O–H groups in total. The van der Waals surface area contributed by atoms with E-state index in [1.54, 1.807) is 36.4 Å². The third-order valence-electron chi connectivity index (χ3n) is 4.07. The third kappa shape index (κ3) is 8.51.